The Bertz CT molecular complexity index is 526. The first-order valence-electron chi connectivity index (χ1n) is 7.89. The molecule has 2 saturated heterocycles. The molecule has 114 valence electrons. The van der Waals surface area contributed by atoms with E-state index in [0.29, 0.717) is 17.7 Å². The predicted octanol–water partition coefficient (Wildman–Crippen LogP) is 0.624. The molecule has 0 N–H and O–H groups in total. The quantitative estimate of drug-likeness (QED) is 0.817. The number of piperazine rings is 1. The van der Waals surface area contributed by atoms with Crippen LogP contribution in [-0.4, -0.2) is 78.1 Å². The van der Waals surface area contributed by atoms with Gasteiger partial charge in [0.25, 0.3) is 5.91 Å². The van der Waals surface area contributed by atoms with Crippen LogP contribution in [0.1, 0.15) is 35.0 Å². The number of rotatable bonds is 3. The summed E-state index contributed by atoms with van der Waals surface area (Å²) in [6.45, 7) is 6.12. The molecule has 0 aromatic carbocycles. The number of carbonyl (C=O) groups excluding carboxylic acids is 1. The average molecular weight is 290 g/mol. The molecule has 0 spiro atoms. The van der Waals surface area contributed by atoms with Crippen LogP contribution in [0.3, 0.4) is 0 Å². The maximum atomic E-state index is 12.3. The second kappa shape index (κ2) is 5.10. The largest absolute Gasteiger partial charge is 0.360 e. The fourth-order valence-electron chi connectivity index (χ4n) is 3.15. The number of likely N-dealkylation sites (N-methyl/N-ethyl adjacent to an activating group) is 1. The van der Waals surface area contributed by atoms with Crippen molar-refractivity contribution < 1.29 is 9.32 Å². The van der Waals surface area contributed by atoms with Crippen LogP contribution in [0.4, 0.5) is 0 Å². The first kappa shape index (κ1) is 13.3. The Labute approximate surface area is 124 Å². The third kappa shape index (κ3) is 2.58. The maximum Gasteiger partial charge on any atom is 0.276 e. The van der Waals surface area contributed by atoms with Crippen LogP contribution in [0.5, 0.6) is 0 Å². The van der Waals surface area contributed by atoms with Gasteiger partial charge in [0, 0.05) is 57.3 Å². The van der Waals surface area contributed by atoms with Gasteiger partial charge >= 0.3 is 0 Å². The summed E-state index contributed by atoms with van der Waals surface area (Å²) in [7, 11) is 2.16. The van der Waals surface area contributed by atoms with E-state index in [2.05, 4.69) is 22.0 Å². The number of amides is 1. The molecule has 6 heteroatoms. The standard InChI is InChI=1S/C15H22N4O2/c1-17-4-6-18(7-5-17)12-9-19(10-12)15(20)13-8-14(21-16-13)11-2-3-11/h8,11-12H,2-7,9-10H2,1H3. The molecule has 0 unspecified atom stereocenters. The van der Waals surface area contributed by atoms with Crippen LogP contribution >= 0.6 is 0 Å². The van der Waals surface area contributed by atoms with Crippen LogP contribution < -0.4 is 0 Å². The predicted molar refractivity (Wildman–Crippen MR) is 77.2 cm³/mol. The minimum absolute atomic E-state index is 0.0241. The van der Waals surface area contributed by atoms with E-state index in [1.807, 2.05) is 11.0 Å². The van der Waals surface area contributed by atoms with Crippen LogP contribution in [0, 0.1) is 0 Å². The van der Waals surface area contributed by atoms with E-state index in [0.717, 1.165) is 57.9 Å². The lowest BCUT2D eigenvalue weighted by atomic mass is 10.1. The summed E-state index contributed by atoms with van der Waals surface area (Å²) < 4.78 is 5.27. The monoisotopic (exact) mass is 290 g/mol. The smallest absolute Gasteiger partial charge is 0.276 e. The van der Waals surface area contributed by atoms with Crippen LogP contribution in [0.2, 0.25) is 0 Å². The molecule has 1 amide bonds. The number of hydrogen-bond acceptors (Lipinski definition) is 5. The number of aromatic nitrogens is 1. The van der Waals surface area contributed by atoms with Gasteiger partial charge < -0.3 is 14.3 Å². The summed E-state index contributed by atoms with van der Waals surface area (Å²) in [5.74, 6) is 1.42. The molecule has 0 bridgehead atoms. The topological polar surface area (TPSA) is 52.8 Å². The van der Waals surface area contributed by atoms with E-state index in [1.54, 1.807) is 0 Å². The van der Waals surface area contributed by atoms with Gasteiger partial charge in [-0.1, -0.05) is 5.16 Å². The number of hydrogen-bond donors (Lipinski definition) is 0. The highest BCUT2D eigenvalue weighted by Crippen LogP contribution is 2.40. The van der Waals surface area contributed by atoms with Crippen molar-refractivity contribution in [2.75, 3.05) is 46.3 Å². The third-order valence-electron chi connectivity index (χ3n) is 4.93. The molecule has 0 radical (unpaired) electrons. The summed E-state index contributed by atoms with van der Waals surface area (Å²) in [5, 5.41) is 3.94. The lowest BCUT2D eigenvalue weighted by molar-refractivity contribution is 0.0104. The van der Waals surface area contributed by atoms with E-state index in [9.17, 15) is 4.79 Å². The molecule has 3 heterocycles. The van der Waals surface area contributed by atoms with Gasteiger partial charge in [-0.3, -0.25) is 9.69 Å². The first-order valence-corrected chi connectivity index (χ1v) is 7.89. The Morgan fingerprint density at radius 1 is 1.24 bits per heavy atom. The fraction of sp³-hybridized carbons (Fsp3) is 0.733. The van der Waals surface area contributed by atoms with E-state index < -0.39 is 0 Å². The molecule has 1 aliphatic carbocycles. The molecular weight excluding hydrogens is 268 g/mol. The zero-order valence-electron chi connectivity index (χ0n) is 12.5. The molecule has 2 aliphatic heterocycles. The first-order chi connectivity index (χ1) is 10.2. The molecule has 6 nitrogen and oxygen atoms in total. The highest BCUT2D eigenvalue weighted by molar-refractivity contribution is 5.92. The summed E-state index contributed by atoms with van der Waals surface area (Å²) in [5.41, 5.74) is 0.480. The van der Waals surface area contributed by atoms with Gasteiger partial charge in [0.05, 0.1) is 0 Å². The average Bonchev–Trinajstić information content (AvgIpc) is 3.17. The van der Waals surface area contributed by atoms with Gasteiger partial charge in [0.15, 0.2) is 5.69 Å². The van der Waals surface area contributed by atoms with E-state index in [1.165, 1.54) is 0 Å². The van der Waals surface area contributed by atoms with Crippen LogP contribution in [0.25, 0.3) is 0 Å². The lowest BCUT2D eigenvalue weighted by Gasteiger charge is -2.47. The molecule has 3 aliphatic rings. The molecule has 3 fully saturated rings. The zero-order valence-corrected chi connectivity index (χ0v) is 12.5. The highest BCUT2D eigenvalue weighted by atomic mass is 16.5. The Balaban J connectivity index is 1.31. The van der Waals surface area contributed by atoms with Crippen LogP contribution in [0.15, 0.2) is 10.6 Å². The van der Waals surface area contributed by atoms with Gasteiger partial charge in [-0.05, 0) is 19.9 Å². The van der Waals surface area contributed by atoms with Gasteiger partial charge in [0.2, 0.25) is 0 Å². The van der Waals surface area contributed by atoms with Crippen LogP contribution in [-0.2, 0) is 0 Å². The molecular formula is C15H22N4O2. The van der Waals surface area contributed by atoms with Gasteiger partial charge in [-0.25, -0.2) is 0 Å². The zero-order chi connectivity index (χ0) is 14.4. The van der Waals surface area contributed by atoms with E-state index in [4.69, 9.17) is 4.52 Å². The molecule has 1 aromatic rings. The van der Waals surface area contributed by atoms with Crippen molar-refractivity contribution in [2.24, 2.45) is 0 Å². The van der Waals surface area contributed by atoms with Crippen molar-refractivity contribution in [3.63, 3.8) is 0 Å². The summed E-state index contributed by atoms with van der Waals surface area (Å²) in [6.07, 6.45) is 2.33. The second-order valence-corrected chi connectivity index (χ2v) is 6.59. The molecule has 1 saturated carbocycles. The molecule has 1 aromatic heterocycles. The van der Waals surface area contributed by atoms with Gasteiger partial charge in [0.1, 0.15) is 5.76 Å². The van der Waals surface area contributed by atoms with E-state index in [-0.39, 0.29) is 5.91 Å². The number of nitrogens with zero attached hydrogens (tertiary/aromatic N) is 4. The van der Waals surface area contributed by atoms with Crippen molar-refractivity contribution >= 4 is 5.91 Å². The maximum absolute atomic E-state index is 12.3. The van der Waals surface area contributed by atoms with Crippen molar-refractivity contribution in [3.8, 4) is 0 Å². The molecule has 4 rings (SSSR count). The minimum Gasteiger partial charge on any atom is -0.360 e. The summed E-state index contributed by atoms with van der Waals surface area (Å²) in [6, 6.07) is 2.36. The highest BCUT2D eigenvalue weighted by Gasteiger charge is 2.37. The van der Waals surface area contributed by atoms with Gasteiger partial charge in [-0.15, -0.1) is 0 Å². The van der Waals surface area contributed by atoms with E-state index >= 15 is 0 Å². The number of likely N-dealkylation sites (tertiary alicyclic amines) is 1. The van der Waals surface area contributed by atoms with Gasteiger partial charge in [-0.2, -0.15) is 0 Å². The molecule has 21 heavy (non-hydrogen) atoms. The van der Waals surface area contributed by atoms with Crippen molar-refractivity contribution in [3.05, 3.63) is 17.5 Å². The summed E-state index contributed by atoms with van der Waals surface area (Å²) >= 11 is 0. The van der Waals surface area contributed by atoms with Crippen molar-refractivity contribution in [1.29, 1.82) is 0 Å². The normalized spacial score (nSPS) is 25.1. The fourth-order valence-corrected chi connectivity index (χ4v) is 3.15. The Hall–Kier alpha value is -1.40. The molecule has 0 atom stereocenters. The number of carbonyl (C=O) groups is 1. The summed E-state index contributed by atoms with van der Waals surface area (Å²) in [4.78, 5) is 19.1. The Morgan fingerprint density at radius 3 is 2.62 bits per heavy atom. The minimum atomic E-state index is 0.0241. The Morgan fingerprint density at radius 2 is 1.95 bits per heavy atom. The lowest BCUT2D eigenvalue weighted by Crippen LogP contribution is -2.64. The second-order valence-electron chi connectivity index (χ2n) is 6.59. The van der Waals surface area contributed by atoms with Crippen molar-refractivity contribution in [2.45, 2.75) is 24.8 Å². The van der Waals surface area contributed by atoms with Crippen molar-refractivity contribution in [1.82, 2.24) is 19.9 Å². The SMILES string of the molecule is CN1CCN(C2CN(C(=O)c3cc(C4CC4)on3)C2)CC1. The third-order valence-corrected chi connectivity index (χ3v) is 4.93. The Kier molecular flexibility index (Phi) is 3.23.